The van der Waals surface area contributed by atoms with Crippen LogP contribution in [0.15, 0.2) is 84.9 Å². The van der Waals surface area contributed by atoms with E-state index in [-0.39, 0.29) is 0 Å². The largest absolute Gasteiger partial charge is 0.494 e. The molecular weight excluding hydrogens is 693 g/mol. The number of benzene rings is 2. The van der Waals surface area contributed by atoms with E-state index in [0.717, 1.165) is 124 Å². The summed E-state index contributed by atoms with van der Waals surface area (Å²) in [6, 6.07) is 30.1. The summed E-state index contributed by atoms with van der Waals surface area (Å²) in [6.45, 7) is 18.2. The maximum Gasteiger partial charge on any atom is 0.119 e. The predicted octanol–water partition coefficient (Wildman–Crippen LogP) is 9.57. The average Bonchev–Trinajstić information content (AvgIpc) is 4.06. The van der Waals surface area contributed by atoms with E-state index in [1.165, 1.54) is 13.1 Å². The van der Waals surface area contributed by atoms with Crippen molar-refractivity contribution < 1.29 is 14.4 Å². The molecule has 0 fully saturated rings. The predicted molar refractivity (Wildman–Crippen MR) is 234 cm³/mol. The van der Waals surface area contributed by atoms with E-state index in [1.54, 1.807) is 4.90 Å². The molecule has 0 amide bonds. The Morgan fingerprint density at radius 2 is 1.09 bits per heavy atom. The van der Waals surface area contributed by atoms with Crippen molar-refractivity contribution in [2.75, 3.05) is 45.9 Å². The third kappa shape index (κ3) is 9.32. The number of ether oxygens (including phenoxy) is 2. The number of nitrogens with one attached hydrogen (secondary N) is 3. The van der Waals surface area contributed by atoms with Crippen molar-refractivity contribution in [2.45, 2.75) is 59.9 Å². The molecule has 0 saturated carbocycles. The molecule has 1 atom stereocenters. The Balaban J connectivity index is 1.19. The van der Waals surface area contributed by atoms with Crippen LogP contribution in [0.5, 0.6) is 11.5 Å². The molecule has 2 aliphatic rings. The van der Waals surface area contributed by atoms with Gasteiger partial charge in [-0.1, -0.05) is 38.1 Å². The van der Waals surface area contributed by atoms with Crippen molar-refractivity contribution in [3.05, 3.63) is 108 Å². The minimum absolute atomic E-state index is 0.645. The average molecular weight is 750 g/mol. The van der Waals surface area contributed by atoms with E-state index >= 15 is 0 Å². The van der Waals surface area contributed by atoms with Gasteiger partial charge in [0.05, 0.1) is 55.1 Å². The van der Waals surface area contributed by atoms with Crippen LogP contribution < -0.4 is 14.4 Å². The third-order valence-corrected chi connectivity index (χ3v) is 11.1. The summed E-state index contributed by atoms with van der Waals surface area (Å²) in [5.74, 6) is 1.76. The number of quaternary nitrogens is 1. The molecular formula is C48H57N6O2+. The lowest BCUT2D eigenvalue weighted by Gasteiger charge is -2.23. The Kier molecular flexibility index (Phi) is 12.8. The van der Waals surface area contributed by atoms with Crippen molar-refractivity contribution in [2.24, 2.45) is 0 Å². The first-order valence-electron chi connectivity index (χ1n) is 20.6. The maximum absolute atomic E-state index is 6.19. The fraction of sp³-hybridized carbons (Fsp3) is 0.333. The number of aromatic nitrogens is 4. The van der Waals surface area contributed by atoms with Gasteiger partial charge in [0.25, 0.3) is 0 Å². The fourth-order valence-electron chi connectivity index (χ4n) is 7.86. The minimum atomic E-state index is 0.645. The zero-order valence-corrected chi connectivity index (χ0v) is 33.7. The summed E-state index contributed by atoms with van der Waals surface area (Å²) in [5, 5.41) is 0. The second kappa shape index (κ2) is 18.5. The Bertz CT molecular complexity index is 2290. The molecule has 5 heterocycles. The number of fused-ring (bicyclic) bond motifs is 8. The second-order valence-corrected chi connectivity index (χ2v) is 14.7. The topological polar surface area (TPSA) is 83.5 Å². The van der Waals surface area contributed by atoms with Crippen LogP contribution in [0.25, 0.3) is 68.6 Å². The number of aromatic amines is 2. The van der Waals surface area contributed by atoms with Crippen molar-refractivity contribution in [3.63, 3.8) is 0 Å². The molecule has 0 aliphatic carbocycles. The molecule has 8 nitrogen and oxygen atoms in total. The highest BCUT2D eigenvalue weighted by Gasteiger charge is 2.15. The van der Waals surface area contributed by atoms with Gasteiger partial charge in [0.2, 0.25) is 0 Å². The molecule has 0 spiro atoms. The van der Waals surface area contributed by atoms with Crippen LogP contribution in [0.3, 0.4) is 0 Å². The molecule has 3 aromatic heterocycles. The van der Waals surface area contributed by atoms with Gasteiger partial charge in [0, 0.05) is 46.2 Å². The molecule has 56 heavy (non-hydrogen) atoms. The molecule has 2 aliphatic heterocycles. The standard InChI is InChI=1S/C48H56N6O2/c1-6-53(7-2)29-11-31-56-42-23-15-36(16-24-42)48-45-27-19-39(51-45)32-37-17-25-43(49-37)47(44-26-18-38(50-44)33-40-20-28-46(48)52-40)35-13-21-41(22-14-35)55-30-10-12-34(5)54(8-3)9-4/h13-28,32-34,49,52H,6-12,29-31H2,1-5H3/p+1. The molecule has 3 N–H and O–H groups in total. The number of hydrogen-bond acceptors (Lipinski definition) is 5. The number of hydrogen-bond donors (Lipinski definition) is 3. The molecule has 7 rings (SSSR count). The summed E-state index contributed by atoms with van der Waals surface area (Å²) < 4.78 is 12.3. The first-order valence-corrected chi connectivity index (χ1v) is 20.6. The van der Waals surface area contributed by atoms with Crippen LogP contribution in [0, 0.1) is 0 Å². The molecule has 1 unspecified atom stereocenters. The van der Waals surface area contributed by atoms with Gasteiger partial charge in [-0.2, -0.15) is 0 Å². The van der Waals surface area contributed by atoms with Gasteiger partial charge in [-0.3, -0.25) is 0 Å². The summed E-state index contributed by atoms with van der Waals surface area (Å²) in [6.07, 6.45) is 11.6. The lowest BCUT2D eigenvalue weighted by atomic mass is 10.0. The van der Waals surface area contributed by atoms with Gasteiger partial charge in [-0.15, -0.1) is 0 Å². The lowest BCUT2D eigenvalue weighted by molar-refractivity contribution is -0.920. The smallest absolute Gasteiger partial charge is 0.119 e. The zero-order chi connectivity index (χ0) is 38.9. The van der Waals surface area contributed by atoms with Crippen LogP contribution in [-0.4, -0.2) is 76.8 Å². The van der Waals surface area contributed by atoms with Crippen LogP contribution in [-0.2, 0) is 0 Å². The Morgan fingerprint density at radius 3 is 1.55 bits per heavy atom. The summed E-state index contributed by atoms with van der Waals surface area (Å²) >= 11 is 0. The lowest BCUT2D eigenvalue weighted by Crippen LogP contribution is -3.14. The Hall–Kier alpha value is -5.44. The van der Waals surface area contributed by atoms with Crippen LogP contribution in [0.4, 0.5) is 0 Å². The van der Waals surface area contributed by atoms with Gasteiger partial charge in [0.15, 0.2) is 0 Å². The van der Waals surface area contributed by atoms with Gasteiger partial charge < -0.3 is 29.2 Å². The van der Waals surface area contributed by atoms with E-state index in [0.29, 0.717) is 12.6 Å². The van der Waals surface area contributed by atoms with E-state index < -0.39 is 0 Å². The Labute approximate surface area is 332 Å². The molecule has 2 aromatic carbocycles. The van der Waals surface area contributed by atoms with Gasteiger partial charge in [0.1, 0.15) is 11.5 Å². The maximum atomic E-state index is 6.19. The van der Waals surface area contributed by atoms with E-state index in [2.05, 4.69) is 159 Å². The first-order chi connectivity index (χ1) is 27.4. The van der Waals surface area contributed by atoms with Crippen LogP contribution in [0.1, 0.15) is 76.7 Å². The number of nitrogens with zero attached hydrogens (tertiary/aromatic N) is 3. The van der Waals surface area contributed by atoms with Crippen LogP contribution in [0.2, 0.25) is 0 Å². The van der Waals surface area contributed by atoms with E-state index in [9.17, 15) is 0 Å². The second-order valence-electron chi connectivity index (χ2n) is 14.7. The monoisotopic (exact) mass is 749 g/mol. The quantitative estimate of drug-likeness (QED) is 0.0809. The van der Waals surface area contributed by atoms with Crippen LogP contribution >= 0.6 is 0 Å². The van der Waals surface area contributed by atoms with Gasteiger partial charge >= 0.3 is 0 Å². The van der Waals surface area contributed by atoms with Gasteiger partial charge in [-0.05, 0) is 143 Å². The summed E-state index contributed by atoms with van der Waals surface area (Å²) in [7, 11) is 0. The molecule has 8 heteroatoms. The van der Waals surface area contributed by atoms with Crippen molar-refractivity contribution in [1.82, 2.24) is 24.8 Å². The van der Waals surface area contributed by atoms with Crippen molar-refractivity contribution >= 4 is 46.4 Å². The SMILES string of the molecule is CCN(CC)CCCOc1ccc(-c2c3nc(cc4ccc([nH]4)c(-c4ccc(OCCCC(C)[NH+](CC)CC)cc4)c4nc(cc5ccc2[nH]5)C=C4)C=C3)cc1. The summed E-state index contributed by atoms with van der Waals surface area (Å²) in [4.78, 5) is 21.6. The van der Waals surface area contributed by atoms with E-state index in [4.69, 9.17) is 19.4 Å². The van der Waals surface area contributed by atoms with Crippen molar-refractivity contribution in [3.8, 4) is 33.8 Å². The normalized spacial score (nSPS) is 12.8. The molecule has 5 aromatic rings. The summed E-state index contributed by atoms with van der Waals surface area (Å²) in [5.41, 5.74) is 11.7. The zero-order valence-electron chi connectivity index (χ0n) is 33.7. The molecule has 8 bridgehead atoms. The highest BCUT2D eigenvalue weighted by molar-refractivity contribution is 5.93. The first kappa shape index (κ1) is 38.8. The molecule has 0 saturated heterocycles. The van der Waals surface area contributed by atoms with E-state index in [1.807, 2.05) is 0 Å². The molecule has 290 valence electrons. The number of H-pyrrole nitrogens is 2. The highest BCUT2D eigenvalue weighted by atomic mass is 16.5. The molecule has 0 radical (unpaired) electrons. The fourth-order valence-corrected chi connectivity index (χ4v) is 7.86. The highest BCUT2D eigenvalue weighted by Crippen LogP contribution is 2.33. The Morgan fingerprint density at radius 1 is 0.607 bits per heavy atom. The minimum Gasteiger partial charge on any atom is -0.494 e. The third-order valence-electron chi connectivity index (χ3n) is 11.1. The number of rotatable bonds is 17. The van der Waals surface area contributed by atoms with Crippen molar-refractivity contribution in [1.29, 1.82) is 0 Å². The van der Waals surface area contributed by atoms with Gasteiger partial charge in [-0.25, -0.2) is 9.97 Å².